The molecule has 0 atom stereocenters. The number of hydrogen-bond acceptors (Lipinski definition) is 5. The number of carbonyl (C=O) groups is 1. The number of aryl methyl sites for hydroxylation is 1. The summed E-state index contributed by atoms with van der Waals surface area (Å²) in [4.78, 5) is 16.3. The molecule has 0 saturated heterocycles. The summed E-state index contributed by atoms with van der Waals surface area (Å²) < 4.78 is 4.33. The molecule has 1 aliphatic rings. The van der Waals surface area contributed by atoms with Crippen LogP contribution in [0.5, 0.6) is 0 Å². The van der Waals surface area contributed by atoms with Crippen molar-refractivity contribution in [3.05, 3.63) is 82.4 Å². The molecule has 5 nitrogen and oxygen atoms in total. The van der Waals surface area contributed by atoms with E-state index in [0.29, 0.717) is 0 Å². The number of fused-ring (bicyclic) bond motifs is 1. The molecule has 1 aromatic carbocycles. The van der Waals surface area contributed by atoms with Crippen LogP contribution in [0.1, 0.15) is 38.6 Å². The van der Waals surface area contributed by atoms with Crippen LogP contribution in [-0.2, 0) is 26.6 Å². The first-order valence-electron chi connectivity index (χ1n) is 10.2. The molecule has 3 aromatic rings. The van der Waals surface area contributed by atoms with Gasteiger partial charge in [0.2, 0.25) is 0 Å². The number of rotatable bonds is 5. The first-order valence-corrected chi connectivity index (χ1v) is 11.0. The molecule has 2 aromatic heterocycles. The largest absolute Gasteiger partial charge is 0.345 e. The zero-order valence-corrected chi connectivity index (χ0v) is 19.0. The van der Waals surface area contributed by atoms with Crippen molar-refractivity contribution in [2.24, 2.45) is 7.05 Å². The lowest BCUT2D eigenvalue weighted by molar-refractivity contribution is 0.111. The molecule has 0 unspecified atom stereocenters. The minimum Gasteiger partial charge on any atom is -0.345 e. The van der Waals surface area contributed by atoms with E-state index in [4.69, 9.17) is 0 Å². The van der Waals surface area contributed by atoms with Crippen molar-refractivity contribution in [1.29, 1.82) is 0 Å². The fourth-order valence-electron chi connectivity index (χ4n) is 3.48. The Kier molecular flexibility index (Phi) is 7.85. The molecule has 0 aliphatic carbocycles. The predicted octanol–water partition coefficient (Wildman–Crippen LogP) is 4.32. The Balaban J connectivity index is 0.000000216. The summed E-state index contributed by atoms with van der Waals surface area (Å²) in [6.45, 7) is 7.00. The fourth-order valence-corrected chi connectivity index (χ4v) is 4.59. The van der Waals surface area contributed by atoms with E-state index >= 15 is 0 Å². The van der Waals surface area contributed by atoms with Gasteiger partial charge in [-0.15, -0.1) is 0 Å². The third kappa shape index (κ3) is 5.39. The van der Waals surface area contributed by atoms with Crippen molar-refractivity contribution in [3.8, 4) is 0 Å². The van der Waals surface area contributed by atoms with Gasteiger partial charge >= 0.3 is 0 Å². The van der Waals surface area contributed by atoms with Crippen LogP contribution in [0.3, 0.4) is 0 Å². The summed E-state index contributed by atoms with van der Waals surface area (Å²) in [6.07, 6.45) is 3.83. The minimum absolute atomic E-state index is 0.738. The third-order valence-electron chi connectivity index (χ3n) is 5.45. The summed E-state index contributed by atoms with van der Waals surface area (Å²) >= 11 is 1.76. The number of nitrogens with one attached hydrogen (secondary N) is 1. The molecular formula is C24H30N4OS. The highest BCUT2D eigenvalue weighted by molar-refractivity contribution is 7.97. The van der Waals surface area contributed by atoms with Crippen molar-refractivity contribution in [2.45, 2.75) is 38.3 Å². The van der Waals surface area contributed by atoms with Crippen LogP contribution in [0.4, 0.5) is 0 Å². The summed E-state index contributed by atoms with van der Waals surface area (Å²) in [7, 11) is 3.88. The highest BCUT2D eigenvalue weighted by Crippen LogP contribution is 2.32. The number of nitrogens with zero attached hydrogens (tertiary/aromatic N) is 3. The van der Waals surface area contributed by atoms with E-state index in [1.54, 1.807) is 11.9 Å². The lowest BCUT2D eigenvalue weighted by Gasteiger charge is -2.27. The van der Waals surface area contributed by atoms with Gasteiger partial charge in [0.15, 0.2) is 6.29 Å². The van der Waals surface area contributed by atoms with Crippen LogP contribution < -0.4 is 5.32 Å². The van der Waals surface area contributed by atoms with Crippen LogP contribution in [0, 0.1) is 13.8 Å². The smallest absolute Gasteiger partial charge is 0.166 e. The van der Waals surface area contributed by atoms with Gasteiger partial charge in [-0.05, 0) is 68.1 Å². The average Bonchev–Trinajstić information content (AvgIpc) is 3.04. The normalized spacial score (nSPS) is 13.3. The standard InChI is InChI=1S/C16H18N2OS.C8H12N2/c1-12-16(9-15(11-19)17(12)2)20-18-8-7-13-5-3-4-6-14(13)10-18;1-7-8(6-9-2)4-3-5-10-7/h3-6,9,11H,7-8,10H2,1-2H3;3-5,9H,6H2,1-2H3. The van der Waals surface area contributed by atoms with E-state index in [-0.39, 0.29) is 0 Å². The van der Waals surface area contributed by atoms with Crippen LogP contribution in [-0.4, -0.2) is 33.7 Å². The second kappa shape index (κ2) is 10.6. The third-order valence-corrected chi connectivity index (χ3v) is 6.63. The maximum Gasteiger partial charge on any atom is 0.166 e. The van der Waals surface area contributed by atoms with Crippen molar-refractivity contribution < 1.29 is 4.79 Å². The Morgan fingerprint density at radius 3 is 2.60 bits per heavy atom. The van der Waals surface area contributed by atoms with Crippen molar-refractivity contribution >= 4 is 18.2 Å². The van der Waals surface area contributed by atoms with E-state index in [1.165, 1.54) is 21.6 Å². The molecule has 0 fully saturated rings. The molecule has 1 N–H and O–H groups in total. The van der Waals surface area contributed by atoms with Gasteiger partial charge < -0.3 is 9.88 Å². The Morgan fingerprint density at radius 2 is 1.93 bits per heavy atom. The second-order valence-electron chi connectivity index (χ2n) is 7.45. The molecule has 0 amide bonds. The van der Waals surface area contributed by atoms with Crippen molar-refractivity contribution in [1.82, 2.24) is 19.2 Å². The van der Waals surface area contributed by atoms with Gasteiger partial charge in [0.1, 0.15) is 0 Å². The van der Waals surface area contributed by atoms with E-state index in [1.807, 2.05) is 43.9 Å². The highest BCUT2D eigenvalue weighted by Gasteiger charge is 2.19. The summed E-state index contributed by atoms with van der Waals surface area (Å²) in [6, 6.07) is 14.7. The molecule has 0 saturated carbocycles. The second-order valence-corrected chi connectivity index (χ2v) is 8.59. The van der Waals surface area contributed by atoms with E-state index in [0.717, 1.165) is 49.4 Å². The number of hydrogen-bond donors (Lipinski definition) is 1. The van der Waals surface area contributed by atoms with Gasteiger partial charge in [0, 0.05) is 49.2 Å². The molecule has 3 heterocycles. The molecule has 0 radical (unpaired) electrons. The monoisotopic (exact) mass is 422 g/mol. The summed E-state index contributed by atoms with van der Waals surface area (Å²) in [5.41, 5.74) is 7.14. The van der Waals surface area contributed by atoms with E-state index in [9.17, 15) is 4.79 Å². The summed E-state index contributed by atoms with van der Waals surface area (Å²) in [5, 5.41) is 3.08. The van der Waals surface area contributed by atoms with Crippen LogP contribution in [0.15, 0.2) is 53.6 Å². The average molecular weight is 423 g/mol. The number of carbonyl (C=O) groups excluding carboxylic acids is 1. The maximum atomic E-state index is 11.0. The molecule has 6 heteroatoms. The van der Waals surface area contributed by atoms with Crippen LogP contribution >= 0.6 is 11.9 Å². The van der Waals surface area contributed by atoms with E-state index in [2.05, 4.69) is 51.9 Å². The molecule has 0 spiro atoms. The molecular weight excluding hydrogens is 392 g/mol. The highest BCUT2D eigenvalue weighted by atomic mass is 32.2. The van der Waals surface area contributed by atoms with Crippen LogP contribution in [0.25, 0.3) is 0 Å². The number of pyridine rings is 1. The number of aromatic nitrogens is 2. The fraction of sp³-hybridized carbons (Fsp3) is 0.333. The Labute approximate surface area is 183 Å². The van der Waals surface area contributed by atoms with Gasteiger partial charge in [-0.3, -0.25) is 9.78 Å². The predicted molar refractivity (Wildman–Crippen MR) is 124 cm³/mol. The first-order chi connectivity index (χ1) is 14.5. The van der Waals surface area contributed by atoms with Gasteiger partial charge in [-0.1, -0.05) is 30.3 Å². The van der Waals surface area contributed by atoms with Gasteiger partial charge in [0.05, 0.1) is 5.69 Å². The molecule has 4 rings (SSSR count). The zero-order chi connectivity index (χ0) is 21.5. The Bertz CT molecular complexity index is 999. The number of aldehydes is 1. The van der Waals surface area contributed by atoms with Crippen molar-refractivity contribution in [2.75, 3.05) is 13.6 Å². The lowest BCUT2D eigenvalue weighted by Crippen LogP contribution is -2.24. The minimum atomic E-state index is 0.738. The first kappa shape index (κ1) is 22.3. The molecule has 158 valence electrons. The summed E-state index contributed by atoms with van der Waals surface area (Å²) in [5.74, 6) is 0. The molecule has 1 aliphatic heterocycles. The van der Waals surface area contributed by atoms with Gasteiger partial charge in [-0.2, -0.15) is 0 Å². The van der Waals surface area contributed by atoms with Gasteiger partial charge in [0.25, 0.3) is 0 Å². The van der Waals surface area contributed by atoms with Gasteiger partial charge in [-0.25, -0.2) is 4.31 Å². The zero-order valence-electron chi connectivity index (χ0n) is 18.2. The Morgan fingerprint density at radius 1 is 1.17 bits per heavy atom. The lowest BCUT2D eigenvalue weighted by atomic mass is 10.0. The maximum absolute atomic E-state index is 11.0. The molecule has 30 heavy (non-hydrogen) atoms. The SMILES string of the molecule is CNCc1cccnc1C.Cc1c(SN2CCc3ccccc3C2)cc(C=O)n1C. The quantitative estimate of drug-likeness (QED) is 0.490. The van der Waals surface area contributed by atoms with E-state index < -0.39 is 0 Å². The molecule has 0 bridgehead atoms. The number of benzene rings is 1. The van der Waals surface area contributed by atoms with Crippen molar-refractivity contribution in [3.63, 3.8) is 0 Å². The Hall–Kier alpha value is -2.41. The van der Waals surface area contributed by atoms with Crippen LogP contribution in [0.2, 0.25) is 0 Å². The topological polar surface area (TPSA) is 50.2 Å².